The van der Waals surface area contributed by atoms with Crippen LogP contribution in [0.25, 0.3) is 0 Å². The van der Waals surface area contributed by atoms with Crippen molar-refractivity contribution >= 4 is 0 Å². The summed E-state index contributed by atoms with van der Waals surface area (Å²) < 4.78 is 32.8. The molecule has 1 saturated heterocycles. The van der Waals surface area contributed by atoms with Crippen molar-refractivity contribution < 1.29 is 18.6 Å². The number of β-amino-alcohol motifs (C(OH)–C–C–N with tert-alkyl or cyclic N) is 1. The van der Waals surface area contributed by atoms with Crippen LogP contribution >= 0.6 is 0 Å². The third-order valence-corrected chi connectivity index (χ3v) is 4.57. The average Bonchev–Trinajstić information content (AvgIpc) is 2.50. The van der Waals surface area contributed by atoms with Gasteiger partial charge in [0.15, 0.2) is 0 Å². The van der Waals surface area contributed by atoms with Gasteiger partial charge < -0.3 is 9.84 Å². The van der Waals surface area contributed by atoms with Crippen molar-refractivity contribution in [2.24, 2.45) is 0 Å². The van der Waals surface area contributed by atoms with Crippen molar-refractivity contribution in [1.82, 2.24) is 4.90 Å². The van der Waals surface area contributed by atoms with E-state index >= 15 is 0 Å². The van der Waals surface area contributed by atoms with Gasteiger partial charge in [-0.05, 0) is 31.0 Å². The van der Waals surface area contributed by atoms with Crippen LogP contribution in [0, 0.1) is 11.6 Å². The topological polar surface area (TPSA) is 32.7 Å². The van der Waals surface area contributed by atoms with E-state index in [1.54, 1.807) is 0 Å². The summed E-state index contributed by atoms with van der Waals surface area (Å²) in [4.78, 5) is 2.17. The molecule has 1 saturated carbocycles. The van der Waals surface area contributed by atoms with Crippen LogP contribution in [0.5, 0.6) is 0 Å². The summed E-state index contributed by atoms with van der Waals surface area (Å²) in [5.41, 5.74) is 0.0360. The van der Waals surface area contributed by atoms with Gasteiger partial charge in [-0.3, -0.25) is 4.90 Å². The second-order valence-corrected chi connectivity index (χ2v) is 5.94. The fourth-order valence-electron chi connectivity index (χ4n) is 3.49. The standard InChI is InChI=1S/C16H21F2NO2/c17-11-5-6-13(18)12(9-11)15(20)10-19-7-8-21-16-4-2-1-3-14(16)19/h5-6,9,14-16,20H,1-4,7-8,10H2/t14-,15+,16+/m0/s1. The molecule has 1 aromatic rings. The largest absolute Gasteiger partial charge is 0.387 e. The Bertz CT molecular complexity index is 495. The number of nitrogens with zero attached hydrogens (tertiary/aromatic N) is 1. The molecule has 0 amide bonds. The van der Waals surface area contributed by atoms with E-state index in [1.165, 1.54) is 6.42 Å². The van der Waals surface area contributed by atoms with Crippen molar-refractivity contribution in [2.45, 2.75) is 43.9 Å². The van der Waals surface area contributed by atoms with Gasteiger partial charge in [0.25, 0.3) is 0 Å². The van der Waals surface area contributed by atoms with Gasteiger partial charge in [0.05, 0.1) is 18.8 Å². The van der Waals surface area contributed by atoms with E-state index in [1.807, 2.05) is 0 Å². The summed E-state index contributed by atoms with van der Waals surface area (Å²) in [5.74, 6) is -1.08. The molecule has 1 heterocycles. The number of halogens is 2. The predicted molar refractivity (Wildman–Crippen MR) is 74.9 cm³/mol. The molecule has 3 atom stereocenters. The first-order chi connectivity index (χ1) is 10.1. The van der Waals surface area contributed by atoms with Gasteiger partial charge in [0.2, 0.25) is 0 Å². The first-order valence-electron chi connectivity index (χ1n) is 7.64. The summed E-state index contributed by atoms with van der Waals surface area (Å²) in [6.45, 7) is 1.69. The summed E-state index contributed by atoms with van der Waals surface area (Å²) >= 11 is 0. The smallest absolute Gasteiger partial charge is 0.129 e. The van der Waals surface area contributed by atoms with Gasteiger partial charge in [0, 0.05) is 24.7 Å². The Kier molecular flexibility index (Phi) is 4.52. The van der Waals surface area contributed by atoms with E-state index in [0.717, 1.165) is 44.0 Å². The Morgan fingerprint density at radius 3 is 2.95 bits per heavy atom. The summed E-state index contributed by atoms with van der Waals surface area (Å²) in [6.07, 6.45) is 3.63. The van der Waals surface area contributed by atoms with Crippen LogP contribution in [0.4, 0.5) is 8.78 Å². The highest BCUT2D eigenvalue weighted by Crippen LogP contribution is 2.30. The maximum atomic E-state index is 13.7. The molecule has 1 aliphatic heterocycles. The highest BCUT2D eigenvalue weighted by atomic mass is 19.1. The number of ether oxygens (including phenoxy) is 1. The number of fused-ring (bicyclic) bond motifs is 1. The number of rotatable bonds is 3. The molecule has 116 valence electrons. The molecular formula is C16H21F2NO2. The van der Waals surface area contributed by atoms with Gasteiger partial charge in [-0.25, -0.2) is 8.78 Å². The number of hydrogen-bond donors (Lipinski definition) is 1. The quantitative estimate of drug-likeness (QED) is 0.931. The lowest BCUT2D eigenvalue weighted by Crippen LogP contribution is -2.53. The molecule has 3 rings (SSSR count). The molecule has 0 aromatic heterocycles. The highest BCUT2D eigenvalue weighted by molar-refractivity contribution is 5.21. The monoisotopic (exact) mass is 297 g/mol. The minimum absolute atomic E-state index is 0.0360. The van der Waals surface area contributed by atoms with E-state index in [-0.39, 0.29) is 11.7 Å². The zero-order valence-corrected chi connectivity index (χ0v) is 12.0. The SMILES string of the molecule is O[C@H](CN1CCO[C@@H]2CCCC[C@@H]21)c1cc(F)ccc1F. The maximum Gasteiger partial charge on any atom is 0.129 e. The molecule has 1 aliphatic carbocycles. The van der Waals surface area contributed by atoms with Crippen LogP contribution in [0.2, 0.25) is 0 Å². The Labute approximate surface area is 123 Å². The lowest BCUT2D eigenvalue weighted by atomic mass is 9.89. The minimum atomic E-state index is -1.01. The van der Waals surface area contributed by atoms with Crippen molar-refractivity contribution in [3.05, 3.63) is 35.4 Å². The van der Waals surface area contributed by atoms with Crippen LogP contribution < -0.4 is 0 Å². The molecular weight excluding hydrogens is 276 g/mol. The second-order valence-electron chi connectivity index (χ2n) is 5.94. The third kappa shape index (κ3) is 3.25. The number of benzene rings is 1. The molecule has 21 heavy (non-hydrogen) atoms. The van der Waals surface area contributed by atoms with E-state index in [4.69, 9.17) is 4.74 Å². The molecule has 2 fully saturated rings. The predicted octanol–water partition coefficient (Wildman–Crippen LogP) is 2.64. The first kappa shape index (κ1) is 14.9. The molecule has 0 radical (unpaired) electrons. The lowest BCUT2D eigenvalue weighted by Gasteiger charge is -2.44. The van der Waals surface area contributed by atoms with Crippen LogP contribution in [0.1, 0.15) is 37.4 Å². The first-order valence-corrected chi connectivity index (χ1v) is 7.64. The molecule has 5 heteroatoms. The average molecular weight is 297 g/mol. The van der Waals surface area contributed by atoms with E-state index < -0.39 is 17.7 Å². The molecule has 0 bridgehead atoms. The molecule has 1 aromatic carbocycles. The van der Waals surface area contributed by atoms with E-state index in [9.17, 15) is 13.9 Å². The van der Waals surface area contributed by atoms with Crippen molar-refractivity contribution in [3.63, 3.8) is 0 Å². The number of aliphatic hydroxyl groups is 1. The molecule has 2 aliphatic rings. The molecule has 1 N–H and O–H groups in total. The number of hydrogen-bond acceptors (Lipinski definition) is 3. The molecule has 0 unspecified atom stereocenters. The minimum Gasteiger partial charge on any atom is -0.387 e. The van der Waals surface area contributed by atoms with Gasteiger partial charge >= 0.3 is 0 Å². The van der Waals surface area contributed by atoms with Gasteiger partial charge in [-0.2, -0.15) is 0 Å². The summed E-state index contributed by atoms with van der Waals surface area (Å²) in [5, 5.41) is 10.3. The normalized spacial score (nSPS) is 28.1. The van der Waals surface area contributed by atoms with Gasteiger partial charge in [-0.1, -0.05) is 12.8 Å². The van der Waals surface area contributed by atoms with Crippen LogP contribution in [0.3, 0.4) is 0 Å². The number of morpholine rings is 1. The van der Waals surface area contributed by atoms with Crippen LogP contribution in [-0.4, -0.2) is 41.8 Å². The Morgan fingerprint density at radius 2 is 2.10 bits per heavy atom. The van der Waals surface area contributed by atoms with Crippen molar-refractivity contribution in [3.8, 4) is 0 Å². The summed E-state index contributed by atoms with van der Waals surface area (Å²) in [6, 6.07) is 3.51. The van der Waals surface area contributed by atoms with Gasteiger partial charge in [0.1, 0.15) is 11.6 Å². The Morgan fingerprint density at radius 1 is 1.29 bits per heavy atom. The van der Waals surface area contributed by atoms with E-state index in [0.29, 0.717) is 19.2 Å². The maximum absolute atomic E-state index is 13.7. The number of aliphatic hydroxyl groups excluding tert-OH is 1. The zero-order chi connectivity index (χ0) is 14.8. The van der Waals surface area contributed by atoms with E-state index in [2.05, 4.69) is 4.90 Å². The Balaban J connectivity index is 1.71. The highest BCUT2D eigenvalue weighted by Gasteiger charge is 2.35. The second kappa shape index (κ2) is 6.38. The third-order valence-electron chi connectivity index (χ3n) is 4.57. The van der Waals surface area contributed by atoms with Crippen molar-refractivity contribution in [2.75, 3.05) is 19.7 Å². The molecule has 0 spiro atoms. The van der Waals surface area contributed by atoms with Gasteiger partial charge in [-0.15, -0.1) is 0 Å². The fourth-order valence-corrected chi connectivity index (χ4v) is 3.49. The Hall–Kier alpha value is -1.04. The summed E-state index contributed by atoms with van der Waals surface area (Å²) in [7, 11) is 0. The fraction of sp³-hybridized carbons (Fsp3) is 0.625. The van der Waals surface area contributed by atoms with Crippen LogP contribution in [-0.2, 0) is 4.74 Å². The van der Waals surface area contributed by atoms with Crippen molar-refractivity contribution in [1.29, 1.82) is 0 Å². The lowest BCUT2D eigenvalue weighted by molar-refractivity contribution is -0.0976. The molecule has 3 nitrogen and oxygen atoms in total. The van der Waals surface area contributed by atoms with Crippen LogP contribution in [0.15, 0.2) is 18.2 Å². The zero-order valence-electron chi connectivity index (χ0n) is 12.0.